The van der Waals surface area contributed by atoms with E-state index in [1.807, 2.05) is 0 Å². The fraction of sp³-hybridized carbons (Fsp3) is 0.850. The minimum absolute atomic E-state index is 0.209. The zero-order valence-electron chi connectivity index (χ0n) is 16.7. The van der Waals surface area contributed by atoms with E-state index in [0.717, 1.165) is 96.1 Å². The number of amides is 1. The molecule has 1 aromatic rings. The monoisotopic (exact) mass is 388 g/mol. The third-order valence-corrected chi connectivity index (χ3v) is 7.48. The van der Waals surface area contributed by atoms with Gasteiger partial charge in [0.15, 0.2) is 5.82 Å². The average Bonchev–Trinajstić information content (AvgIpc) is 3.36. The van der Waals surface area contributed by atoms with Gasteiger partial charge in [0.2, 0.25) is 5.91 Å². The number of piperidine rings is 1. The topological polar surface area (TPSA) is 84.3 Å². The van der Waals surface area contributed by atoms with Gasteiger partial charge in [0.05, 0.1) is 25.2 Å². The number of ether oxygens (including phenoxy) is 1. The molecule has 3 atom stereocenters. The van der Waals surface area contributed by atoms with E-state index in [-0.39, 0.29) is 11.3 Å². The molecule has 1 saturated carbocycles. The van der Waals surface area contributed by atoms with Gasteiger partial charge >= 0.3 is 0 Å². The Morgan fingerprint density at radius 1 is 1.25 bits per heavy atom. The number of aryl methyl sites for hydroxylation is 1. The lowest BCUT2D eigenvalue weighted by Crippen LogP contribution is -2.60. The number of carbonyl (C=O) groups excluding carboxylic acids is 1. The fourth-order valence-electron chi connectivity index (χ4n) is 5.85. The van der Waals surface area contributed by atoms with E-state index in [4.69, 9.17) is 4.74 Å². The summed E-state index contributed by atoms with van der Waals surface area (Å²) in [5.74, 6) is 2.63. The Hall–Kier alpha value is -1.51. The molecule has 0 bridgehead atoms. The summed E-state index contributed by atoms with van der Waals surface area (Å²) in [5, 5.41) is 15.3. The van der Waals surface area contributed by atoms with Gasteiger partial charge in [-0.3, -0.25) is 9.69 Å². The Bertz CT molecular complexity index is 716. The lowest BCUT2D eigenvalue weighted by atomic mass is 9.61. The number of rotatable bonds is 4. The van der Waals surface area contributed by atoms with Crippen LogP contribution in [0.25, 0.3) is 0 Å². The molecule has 5 rings (SSSR count). The number of carbonyl (C=O) groups is 1. The number of nitrogens with one attached hydrogen (secondary N) is 2. The highest BCUT2D eigenvalue weighted by Gasteiger charge is 2.50. The van der Waals surface area contributed by atoms with Crippen LogP contribution in [0.5, 0.6) is 0 Å². The SMILES string of the molecule is O=C(NCc1nnc2n1CCC2)[C@@]12CC[C@@H](N3CCOCC3)C[C@H]1CCNC2. The van der Waals surface area contributed by atoms with Gasteiger partial charge in [-0.1, -0.05) is 0 Å². The van der Waals surface area contributed by atoms with Crippen molar-refractivity contribution in [3.05, 3.63) is 11.6 Å². The van der Waals surface area contributed by atoms with Gasteiger partial charge in [0.1, 0.15) is 5.82 Å². The van der Waals surface area contributed by atoms with E-state index in [9.17, 15) is 4.79 Å². The van der Waals surface area contributed by atoms with E-state index < -0.39 is 0 Å². The summed E-state index contributed by atoms with van der Waals surface area (Å²) in [5.41, 5.74) is -0.269. The highest BCUT2D eigenvalue weighted by Crippen LogP contribution is 2.46. The Labute approximate surface area is 166 Å². The quantitative estimate of drug-likeness (QED) is 0.773. The van der Waals surface area contributed by atoms with E-state index in [2.05, 4.69) is 30.3 Å². The lowest BCUT2D eigenvalue weighted by molar-refractivity contribution is -0.140. The molecule has 3 fully saturated rings. The molecular formula is C20H32N6O2. The van der Waals surface area contributed by atoms with Crippen molar-refractivity contribution in [2.45, 2.75) is 57.7 Å². The molecule has 28 heavy (non-hydrogen) atoms. The second kappa shape index (κ2) is 7.72. The molecule has 0 radical (unpaired) electrons. The first-order valence-electron chi connectivity index (χ1n) is 11.0. The minimum atomic E-state index is -0.269. The molecule has 0 aromatic carbocycles. The normalized spacial score (nSPS) is 33.3. The van der Waals surface area contributed by atoms with E-state index in [1.54, 1.807) is 0 Å². The van der Waals surface area contributed by atoms with Crippen LogP contribution in [0.1, 0.15) is 43.8 Å². The number of hydrogen-bond acceptors (Lipinski definition) is 6. The number of aromatic nitrogens is 3. The van der Waals surface area contributed by atoms with Crippen molar-refractivity contribution in [2.24, 2.45) is 11.3 Å². The Kier molecular flexibility index (Phi) is 5.11. The predicted octanol–water partition coefficient (Wildman–Crippen LogP) is 0.321. The average molecular weight is 389 g/mol. The summed E-state index contributed by atoms with van der Waals surface area (Å²) >= 11 is 0. The van der Waals surface area contributed by atoms with Gasteiger partial charge in [0, 0.05) is 38.6 Å². The molecule has 4 aliphatic rings. The van der Waals surface area contributed by atoms with Crippen molar-refractivity contribution in [3.8, 4) is 0 Å². The van der Waals surface area contributed by atoms with E-state index >= 15 is 0 Å². The van der Waals surface area contributed by atoms with Crippen LogP contribution in [-0.2, 0) is 29.0 Å². The number of nitrogens with zero attached hydrogens (tertiary/aromatic N) is 4. The van der Waals surface area contributed by atoms with Gasteiger partial charge in [-0.25, -0.2) is 0 Å². The second-order valence-electron chi connectivity index (χ2n) is 8.87. The van der Waals surface area contributed by atoms with E-state index in [0.29, 0.717) is 18.5 Å². The Balaban J connectivity index is 1.26. The fourth-order valence-corrected chi connectivity index (χ4v) is 5.85. The van der Waals surface area contributed by atoms with Gasteiger partial charge in [-0.05, 0) is 44.6 Å². The number of morpholine rings is 1. The molecule has 0 unspecified atom stereocenters. The molecule has 8 heteroatoms. The van der Waals surface area contributed by atoms with Crippen molar-refractivity contribution < 1.29 is 9.53 Å². The van der Waals surface area contributed by atoms with Crippen LogP contribution in [0.15, 0.2) is 0 Å². The predicted molar refractivity (Wildman–Crippen MR) is 104 cm³/mol. The van der Waals surface area contributed by atoms with Gasteiger partial charge in [-0.2, -0.15) is 0 Å². The van der Waals surface area contributed by atoms with Crippen molar-refractivity contribution in [1.82, 2.24) is 30.3 Å². The zero-order chi connectivity index (χ0) is 19.0. The van der Waals surface area contributed by atoms with Crippen LogP contribution in [0.4, 0.5) is 0 Å². The molecule has 8 nitrogen and oxygen atoms in total. The molecule has 1 aliphatic carbocycles. The third-order valence-electron chi connectivity index (χ3n) is 7.48. The Morgan fingerprint density at radius 3 is 3.04 bits per heavy atom. The zero-order valence-corrected chi connectivity index (χ0v) is 16.7. The minimum Gasteiger partial charge on any atom is -0.379 e. The van der Waals surface area contributed by atoms with Gasteiger partial charge in [-0.15, -0.1) is 10.2 Å². The van der Waals surface area contributed by atoms with Gasteiger partial charge in [0.25, 0.3) is 0 Å². The van der Waals surface area contributed by atoms with Crippen molar-refractivity contribution >= 4 is 5.91 Å². The molecule has 4 heterocycles. The first-order valence-corrected chi connectivity index (χ1v) is 11.0. The molecule has 154 valence electrons. The first kappa shape index (κ1) is 18.5. The molecule has 1 amide bonds. The molecule has 2 saturated heterocycles. The largest absolute Gasteiger partial charge is 0.379 e. The maximum absolute atomic E-state index is 13.4. The lowest BCUT2D eigenvalue weighted by Gasteiger charge is -2.50. The van der Waals surface area contributed by atoms with Crippen LogP contribution in [0.3, 0.4) is 0 Å². The van der Waals surface area contributed by atoms with Crippen LogP contribution in [-0.4, -0.2) is 71.0 Å². The summed E-state index contributed by atoms with van der Waals surface area (Å²) in [4.78, 5) is 16.0. The van der Waals surface area contributed by atoms with Crippen LogP contribution in [0.2, 0.25) is 0 Å². The Morgan fingerprint density at radius 2 is 2.14 bits per heavy atom. The van der Waals surface area contributed by atoms with E-state index in [1.165, 1.54) is 0 Å². The van der Waals surface area contributed by atoms with Gasteiger partial charge < -0.3 is 19.9 Å². The summed E-state index contributed by atoms with van der Waals surface area (Å²) in [7, 11) is 0. The number of hydrogen-bond donors (Lipinski definition) is 2. The number of fused-ring (bicyclic) bond motifs is 2. The van der Waals surface area contributed by atoms with Crippen molar-refractivity contribution in [3.63, 3.8) is 0 Å². The summed E-state index contributed by atoms with van der Waals surface area (Å²) in [6.45, 7) is 7.05. The molecule has 2 N–H and O–H groups in total. The summed E-state index contributed by atoms with van der Waals surface area (Å²) in [6.07, 6.45) is 6.43. The maximum Gasteiger partial charge on any atom is 0.228 e. The first-order chi connectivity index (χ1) is 13.8. The van der Waals surface area contributed by atoms with Crippen LogP contribution in [0, 0.1) is 11.3 Å². The molecule has 0 spiro atoms. The van der Waals surface area contributed by atoms with Crippen LogP contribution >= 0.6 is 0 Å². The van der Waals surface area contributed by atoms with Crippen LogP contribution < -0.4 is 10.6 Å². The summed E-state index contributed by atoms with van der Waals surface area (Å²) in [6, 6.07) is 0.604. The summed E-state index contributed by atoms with van der Waals surface area (Å²) < 4.78 is 7.70. The highest BCUT2D eigenvalue weighted by atomic mass is 16.5. The highest BCUT2D eigenvalue weighted by molar-refractivity contribution is 5.83. The third kappa shape index (κ3) is 3.25. The maximum atomic E-state index is 13.4. The smallest absolute Gasteiger partial charge is 0.228 e. The second-order valence-corrected chi connectivity index (χ2v) is 8.87. The molecular weight excluding hydrogens is 356 g/mol. The van der Waals surface area contributed by atoms with Crippen molar-refractivity contribution in [1.29, 1.82) is 0 Å². The standard InChI is InChI=1S/C20H32N6O2/c27-19(22-13-18-24-23-17-2-1-7-26(17)18)20-5-3-16(25-8-10-28-11-9-25)12-15(20)4-6-21-14-20/h15-16,21H,1-14H2,(H,22,27)/t15-,16-,20-/m1/s1. The van der Waals surface area contributed by atoms with Crippen molar-refractivity contribution in [2.75, 3.05) is 39.4 Å². The molecule has 1 aromatic heterocycles. The molecule has 3 aliphatic heterocycles.